The predicted molar refractivity (Wildman–Crippen MR) is 125 cm³/mol. The summed E-state index contributed by atoms with van der Waals surface area (Å²) in [5.41, 5.74) is 1.22. The van der Waals surface area contributed by atoms with E-state index in [9.17, 15) is 13.2 Å². The molecule has 2 bridgehead atoms. The number of anilines is 1. The van der Waals surface area contributed by atoms with E-state index >= 15 is 0 Å². The van der Waals surface area contributed by atoms with Crippen LogP contribution >= 0.6 is 0 Å². The Balaban J connectivity index is 1.63. The van der Waals surface area contributed by atoms with Crippen LogP contribution in [0.1, 0.15) is 56.8 Å². The van der Waals surface area contributed by atoms with Gasteiger partial charge < -0.3 is 15.0 Å². The number of morpholine rings is 1. The van der Waals surface area contributed by atoms with Crippen molar-refractivity contribution >= 4 is 21.6 Å². The second kappa shape index (κ2) is 9.69. The topological polar surface area (TPSA) is 79.0 Å². The highest BCUT2D eigenvalue weighted by atomic mass is 32.2. The van der Waals surface area contributed by atoms with E-state index in [1.54, 1.807) is 18.2 Å². The number of hydrogen-bond donors (Lipinski definition) is 1. The molecule has 178 valence electrons. The lowest BCUT2D eigenvalue weighted by molar-refractivity contribution is 0.0914. The molecule has 1 N–H and O–H groups in total. The fraction of sp³-hybridized carbons (Fsp3) is 0.708. The van der Waals surface area contributed by atoms with Gasteiger partial charge in [0, 0.05) is 37.9 Å². The van der Waals surface area contributed by atoms with E-state index in [4.69, 9.17) is 4.74 Å². The molecule has 4 atom stereocenters. The molecule has 0 aromatic heterocycles. The number of amides is 1. The molecule has 1 aromatic rings. The van der Waals surface area contributed by atoms with Crippen LogP contribution in [0.5, 0.6) is 0 Å². The first kappa shape index (κ1) is 23.5. The standard InChI is InChI=1S/C24H37N3O4S/c1-4-27(5-2)32(29,30)20-8-9-23(26-10-12-31-13-11-26)22(16-20)24(28)25-17(3)21-15-18-6-7-19(21)14-18/h8-9,16-19,21H,4-7,10-15H2,1-3H3,(H,25,28)/t17-,18-,19-,21-/m0/s1. The van der Waals surface area contributed by atoms with E-state index < -0.39 is 10.0 Å². The molecule has 1 saturated heterocycles. The van der Waals surface area contributed by atoms with Crippen LogP contribution in [0.2, 0.25) is 0 Å². The zero-order valence-electron chi connectivity index (χ0n) is 19.5. The smallest absolute Gasteiger partial charge is 0.253 e. The summed E-state index contributed by atoms with van der Waals surface area (Å²) < 4.78 is 33.2. The molecule has 4 rings (SSSR count). The van der Waals surface area contributed by atoms with Crippen LogP contribution in [0.3, 0.4) is 0 Å². The van der Waals surface area contributed by atoms with Crippen molar-refractivity contribution in [3.63, 3.8) is 0 Å². The van der Waals surface area contributed by atoms with Crippen LogP contribution in [-0.2, 0) is 14.8 Å². The van der Waals surface area contributed by atoms with Gasteiger partial charge in [0.2, 0.25) is 10.0 Å². The van der Waals surface area contributed by atoms with Crippen LogP contribution in [0, 0.1) is 17.8 Å². The highest BCUT2D eigenvalue weighted by Gasteiger charge is 2.42. The minimum absolute atomic E-state index is 0.0818. The van der Waals surface area contributed by atoms with Gasteiger partial charge in [-0.1, -0.05) is 20.3 Å². The number of nitrogens with one attached hydrogen (secondary N) is 1. The number of ether oxygens (including phenoxy) is 1. The number of benzene rings is 1. The maximum atomic E-state index is 13.5. The van der Waals surface area contributed by atoms with Crippen LogP contribution in [0.15, 0.2) is 23.1 Å². The van der Waals surface area contributed by atoms with Gasteiger partial charge in [-0.2, -0.15) is 4.31 Å². The molecule has 3 aliphatic rings. The average molecular weight is 464 g/mol. The molecule has 1 aliphatic heterocycles. The van der Waals surface area contributed by atoms with E-state index in [0.717, 1.165) is 11.6 Å². The predicted octanol–water partition coefficient (Wildman–Crippen LogP) is 3.11. The first-order chi connectivity index (χ1) is 15.3. The van der Waals surface area contributed by atoms with E-state index in [0.29, 0.717) is 56.8 Å². The van der Waals surface area contributed by atoms with Crippen LogP contribution in [0.25, 0.3) is 0 Å². The van der Waals surface area contributed by atoms with Gasteiger partial charge in [0.25, 0.3) is 5.91 Å². The Kier molecular flexibility index (Phi) is 7.12. The highest BCUT2D eigenvalue weighted by Crippen LogP contribution is 2.49. The Hall–Kier alpha value is -1.64. The van der Waals surface area contributed by atoms with Crippen LogP contribution in [-0.4, -0.2) is 64.1 Å². The molecule has 1 aromatic carbocycles. The lowest BCUT2D eigenvalue weighted by Crippen LogP contribution is -2.42. The summed E-state index contributed by atoms with van der Waals surface area (Å²) in [6, 6.07) is 5.08. The molecule has 1 amide bonds. The Labute approximate surface area is 192 Å². The summed E-state index contributed by atoms with van der Waals surface area (Å²) in [4.78, 5) is 15.8. The number of fused-ring (bicyclic) bond motifs is 2. The van der Waals surface area contributed by atoms with Gasteiger partial charge >= 0.3 is 0 Å². The number of nitrogens with zero attached hydrogens (tertiary/aromatic N) is 2. The third-order valence-electron chi connectivity index (χ3n) is 7.70. The molecule has 8 heteroatoms. The molecule has 1 heterocycles. The van der Waals surface area contributed by atoms with E-state index in [1.807, 2.05) is 13.8 Å². The Bertz CT molecular complexity index is 925. The van der Waals surface area contributed by atoms with E-state index in [2.05, 4.69) is 17.1 Å². The second-order valence-electron chi connectivity index (χ2n) is 9.47. The molecule has 0 radical (unpaired) electrons. The fourth-order valence-corrected chi connectivity index (χ4v) is 7.43. The minimum Gasteiger partial charge on any atom is -0.378 e. The number of hydrogen-bond acceptors (Lipinski definition) is 5. The monoisotopic (exact) mass is 463 g/mol. The first-order valence-electron chi connectivity index (χ1n) is 12.1. The molecule has 2 aliphatic carbocycles. The van der Waals surface area contributed by atoms with Crippen molar-refractivity contribution in [2.45, 2.75) is 57.4 Å². The summed E-state index contributed by atoms with van der Waals surface area (Å²) in [5, 5.41) is 3.23. The zero-order valence-corrected chi connectivity index (χ0v) is 20.4. The largest absolute Gasteiger partial charge is 0.378 e. The molecule has 3 fully saturated rings. The quantitative estimate of drug-likeness (QED) is 0.641. The van der Waals surface area contributed by atoms with Gasteiger partial charge in [-0.25, -0.2) is 8.42 Å². The van der Waals surface area contributed by atoms with Gasteiger partial charge in [0.05, 0.1) is 23.7 Å². The third kappa shape index (κ3) is 4.54. The van der Waals surface area contributed by atoms with Crippen molar-refractivity contribution in [1.29, 1.82) is 0 Å². The first-order valence-corrected chi connectivity index (χ1v) is 13.6. The molecular weight excluding hydrogens is 426 g/mol. The molecule has 7 nitrogen and oxygen atoms in total. The van der Waals surface area contributed by atoms with Gasteiger partial charge in [-0.05, 0) is 62.1 Å². The molecular formula is C24H37N3O4S. The molecule has 0 spiro atoms. The Morgan fingerprint density at radius 2 is 1.91 bits per heavy atom. The SMILES string of the molecule is CCN(CC)S(=O)(=O)c1ccc(N2CCOCC2)c(C(=O)N[C@@H](C)[C@@H]2C[C@H]3CC[C@H]2C3)c1. The van der Waals surface area contributed by atoms with Gasteiger partial charge in [0.1, 0.15) is 0 Å². The number of sulfonamides is 1. The lowest BCUT2D eigenvalue weighted by Gasteiger charge is -2.32. The number of carbonyl (C=O) groups is 1. The zero-order chi connectivity index (χ0) is 22.9. The number of carbonyl (C=O) groups excluding carboxylic acids is 1. The third-order valence-corrected chi connectivity index (χ3v) is 9.75. The summed E-state index contributed by atoms with van der Waals surface area (Å²) in [5.74, 6) is 1.87. The second-order valence-corrected chi connectivity index (χ2v) is 11.4. The Morgan fingerprint density at radius 3 is 2.50 bits per heavy atom. The maximum Gasteiger partial charge on any atom is 0.253 e. The Morgan fingerprint density at radius 1 is 1.19 bits per heavy atom. The van der Waals surface area contributed by atoms with Crippen LogP contribution < -0.4 is 10.2 Å². The van der Waals surface area contributed by atoms with Crippen molar-refractivity contribution in [3.8, 4) is 0 Å². The summed E-state index contributed by atoms with van der Waals surface area (Å²) in [6.45, 7) is 9.12. The van der Waals surface area contributed by atoms with Gasteiger partial charge in [-0.3, -0.25) is 4.79 Å². The van der Waals surface area contributed by atoms with Gasteiger partial charge in [0.15, 0.2) is 0 Å². The molecule has 2 saturated carbocycles. The van der Waals surface area contributed by atoms with Crippen molar-refractivity contribution in [3.05, 3.63) is 23.8 Å². The maximum absolute atomic E-state index is 13.5. The average Bonchev–Trinajstić information content (AvgIpc) is 3.44. The van der Waals surface area contributed by atoms with Crippen molar-refractivity contribution in [1.82, 2.24) is 9.62 Å². The number of rotatable bonds is 8. The summed E-state index contributed by atoms with van der Waals surface area (Å²) in [7, 11) is -3.65. The van der Waals surface area contributed by atoms with Crippen molar-refractivity contribution in [2.75, 3.05) is 44.3 Å². The highest BCUT2D eigenvalue weighted by molar-refractivity contribution is 7.89. The van der Waals surface area contributed by atoms with Crippen molar-refractivity contribution < 1.29 is 17.9 Å². The van der Waals surface area contributed by atoms with Crippen molar-refractivity contribution in [2.24, 2.45) is 17.8 Å². The lowest BCUT2D eigenvalue weighted by atomic mass is 9.84. The van der Waals surface area contributed by atoms with E-state index in [-0.39, 0.29) is 16.8 Å². The van der Waals surface area contributed by atoms with Crippen LogP contribution in [0.4, 0.5) is 5.69 Å². The summed E-state index contributed by atoms with van der Waals surface area (Å²) in [6.07, 6.45) is 5.08. The van der Waals surface area contributed by atoms with Gasteiger partial charge in [-0.15, -0.1) is 0 Å². The molecule has 32 heavy (non-hydrogen) atoms. The normalized spacial score (nSPS) is 26.5. The fourth-order valence-electron chi connectivity index (χ4n) is 5.95. The minimum atomic E-state index is -3.65. The molecule has 0 unspecified atom stereocenters. The summed E-state index contributed by atoms with van der Waals surface area (Å²) >= 11 is 0. The van der Waals surface area contributed by atoms with E-state index in [1.165, 1.54) is 30.0 Å².